The number of hydrogen-bond donors (Lipinski definition) is 2. The van der Waals surface area contributed by atoms with Crippen LogP contribution >= 0.6 is 12.2 Å². The highest BCUT2D eigenvalue weighted by atomic mass is 32.1. The molecule has 6 nitrogen and oxygen atoms in total. The van der Waals surface area contributed by atoms with Crippen molar-refractivity contribution in [2.24, 2.45) is 10.2 Å². The molecule has 0 amide bonds. The van der Waals surface area contributed by atoms with E-state index in [1.165, 1.54) is 0 Å². The van der Waals surface area contributed by atoms with Gasteiger partial charge in [-0.05, 0) is 45.0 Å². The van der Waals surface area contributed by atoms with E-state index in [9.17, 15) is 5.11 Å². The van der Waals surface area contributed by atoms with Crippen molar-refractivity contribution in [3.8, 4) is 5.88 Å². The van der Waals surface area contributed by atoms with E-state index >= 15 is 0 Å². The number of nitrogens with one attached hydrogen (secondary N) is 1. The van der Waals surface area contributed by atoms with Crippen LogP contribution in [-0.2, 0) is 4.74 Å². The quantitative estimate of drug-likeness (QED) is 0.647. The molecule has 3 rings (SSSR count). The van der Waals surface area contributed by atoms with E-state index in [0.717, 1.165) is 30.4 Å². The van der Waals surface area contributed by atoms with Gasteiger partial charge in [0.2, 0.25) is 11.0 Å². The van der Waals surface area contributed by atoms with Crippen molar-refractivity contribution in [3.05, 3.63) is 24.3 Å². The van der Waals surface area contributed by atoms with Gasteiger partial charge in [-0.25, -0.2) is 0 Å². The predicted molar refractivity (Wildman–Crippen MR) is 98.1 cm³/mol. The number of azo groups is 1. The number of fused-ring (bicyclic) bond motifs is 1. The van der Waals surface area contributed by atoms with Gasteiger partial charge in [0, 0.05) is 24.6 Å². The zero-order valence-electron chi connectivity index (χ0n) is 13.9. The van der Waals surface area contributed by atoms with Crippen molar-refractivity contribution >= 4 is 33.9 Å². The van der Waals surface area contributed by atoms with Crippen molar-refractivity contribution in [3.63, 3.8) is 0 Å². The summed E-state index contributed by atoms with van der Waals surface area (Å²) in [7, 11) is 0. The van der Waals surface area contributed by atoms with Gasteiger partial charge in [-0.3, -0.25) is 0 Å². The van der Waals surface area contributed by atoms with E-state index in [1.54, 1.807) is 0 Å². The number of para-hydroxylation sites is 1. The van der Waals surface area contributed by atoms with Gasteiger partial charge in [0.15, 0.2) is 5.69 Å². The summed E-state index contributed by atoms with van der Waals surface area (Å²) in [6.07, 6.45) is 2.31. The molecule has 0 aliphatic carbocycles. The molecule has 0 bridgehead atoms. The van der Waals surface area contributed by atoms with Gasteiger partial charge in [-0.15, -0.1) is 10.2 Å². The molecule has 1 atom stereocenters. The molecular formula is C17H22N4O2S. The molecule has 1 unspecified atom stereocenters. The first-order valence-electron chi connectivity index (χ1n) is 8.21. The minimum atomic E-state index is 0.108. The van der Waals surface area contributed by atoms with Gasteiger partial charge in [0.05, 0.1) is 11.6 Å². The standard InChI is InChI=1S/C17H22N4O2S/c1-11(2)21-14-8-4-3-7-13(14)15(16(21)22)19-20-17(24)18-10-12-6-5-9-23-12/h3-4,7-8,11-12,22H,5-6,9-10H2,1-2H3,(H,18,24). The lowest BCUT2D eigenvalue weighted by atomic mass is 10.2. The topological polar surface area (TPSA) is 71.1 Å². The zero-order valence-corrected chi connectivity index (χ0v) is 14.7. The van der Waals surface area contributed by atoms with Gasteiger partial charge in [0.25, 0.3) is 0 Å². The van der Waals surface area contributed by atoms with Crippen LogP contribution in [0.4, 0.5) is 5.69 Å². The monoisotopic (exact) mass is 346 g/mol. The molecule has 2 aromatic rings. The third-order valence-corrected chi connectivity index (χ3v) is 4.35. The molecule has 1 aliphatic heterocycles. The Hall–Kier alpha value is -1.99. The summed E-state index contributed by atoms with van der Waals surface area (Å²) >= 11 is 5.20. The minimum Gasteiger partial charge on any atom is -0.493 e. The lowest BCUT2D eigenvalue weighted by molar-refractivity contribution is 0.114. The first-order chi connectivity index (χ1) is 11.6. The third kappa shape index (κ3) is 3.42. The smallest absolute Gasteiger partial charge is 0.221 e. The van der Waals surface area contributed by atoms with E-state index in [4.69, 9.17) is 17.0 Å². The van der Waals surface area contributed by atoms with Gasteiger partial charge >= 0.3 is 0 Å². The summed E-state index contributed by atoms with van der Waals surface area (Å²) in [6.45, 7) is 5.47. The summed E-state index contributed by atoms with van der Waals surface area (Å²) in [6, 6.07) is 7.85. The van der Waals surface area contributed by atoms with Crippen LogP contribution in [0.25, 0.3) is 10.9 Å². The van der Waals surface area contributed by atoms with Crippen molar-refractivity contribution in [2.75, 3.05) is 13.2 Å². The first kappa shape index (κ1) is 16.9. The largest absolute Gasteiger partial charge is 0.493 e. The van der Waals surface area contributed by atoms with E-state index in [0.29, 0.717) is 17.3 Å². The third-order valence-electron chi connectivity index (χ3n) is 4.12. The number of nitrogens with zero attached hydrogens (tertiary/aromatic N) is 3. The number of hydrogen-bond acceptors (Lipinski definition) is 4. The van der Waals surface area contributed by atoms with Crippen LogP contribution in [0.1, 0.15) is 32.7 Å². The molecule has 24 heavy (non-hydrogen) atoms. The second-order valence-corrected chi connectivity index (χ2v) is 6.56. The Morgan fingerprint density at radius 3 is 2.96 bits per heavy atom. The first-order valence-corrected chi connectivity index (χ1v) is 8.62. The molecule has 0 saturated carbocycles. The van der Waals surface area contributed by atoms with Gasteiger partial charge in [-0.1, -0.05) is 18.2 Å². The second kappa shape index (κ2) is 7.27. The highest BCUT2D eigenvalue weighted by Crippen LogP contribution is 2.40. The number of benzene rings is 1. The van der Waals surface area contributed by atoms with Crippen LogP contribution in [0, 0.1) is 0 Å². The Morgan fingerprint density at radius 2 is 2.25 bits per heavy atom. The Labute approximate surface area is 146 Å². The maximum absolute atomic E-state index is 10.5. The van der Waals surface area contributed by atoms with Crippen LogP contribution in [0.5, 0.6) is 5.88 Å². The predicted octanol–water partition coefficient (Wildman–Crippen LogP) is 4.07. The lowest BCUT2D eigenvalue weighted by Crippen LogP contribution is -2.29. The fraction of sp³-hybridized carbons (Fsp3) is 0.471. The van der Waals surface area contributed by atoms with Crippen molar-refractivity contribution in [2.45, 2.75) is 38.8 Å². The maximum Gasteiger partial charge on any atom is 0.221 e. The van der Waals surface area contributed by atoms with Crippen LogP contribution in [0.3, 0.4) is 0 Å². The molecular weight excluding hydrogens is 324 g/mol. The fourth-order valence-corrected chi connectivity index (χ4v) is 3.12. The highest BCUT2D eigenvalue weighted by Gasteiger charge is 2.18. The van der Waals surface area contributed by atoms with Gasteiger partial charge in [0.1, 0.15) is 0 Å². The van der Waals surface area contributed by atoms with Crippen molar-refractivity contribution in [1.82, 2.24) is 9.88 Å². The van der Waals surface area contributed by atoms with Crippen LogP contribution < -0.4 is 5.32 Å². The molecule has 0 radical (unpaired) electrons. The second-order valence-electron chi connectivity index (χ2n) is 6.17. The summed E-state index contributed by atoms with van der Waals surface area (Å²) in [5, 5.41) is 23.0. The molecule has 1 aliphatic rings. The van der Waals surface area contributed by atoms with E-state index in [2.05, 4.69) is 15.5 Å². The highest BCUT2D eigenvalue weighted by molar-refractivity contribution is 7.80. The van der Waals surface area contributed by atoms with E-state index < -0.39 is 0 Å². The number of rotatable bonds is 4. The Bertz CT molecular complexity index is 763. The normalized spacial score (nSPS) is 18.0. The lowest BCUT2D eigenvalue weighted by Gasteiger charge is -2.10. The fourth-order valence-electron chi connectivity index (χ4n) is 2.99. The summed E-state index contributed by atoms with van der Waals surface area (Å²) < 4.78 is 7.37. The molecule has 7 heteroatoms. The molecule has 1 aromatic carbocycles. The average molecular weight is 346 g/mol. The van der Waals surface area contributed by atoms with Crippen LogP contribution in [0.15, 0.2) is 34.5 Å². The summed E-state index contributed by atoms with van der Waals surface area (Å²) in [5.41, 5.74) is 1.37. The maximum atomic E-state index is 10.5. The van der Waals surface area contributed by atoms with Crippen molar-refractivity contribution in [1.29, 1.82) is 0 Å². The molecule has 2 N–H and O–H groups in total. The van der Waals surface area contributed by atoms with E-state index in [-0.39, 0.29) is 18.0 Å². The number of aromatic nitrogens is 1. The molecule has 2 heterocycles. The molecule has 1 saturated heterocycles. The Kier molecular flexibility index (Phi) is 5.11. The number of thiocarbonyl (C=S) groups is 1. The van der Waals surface area contributed by atoms with Crippen LogP contribution in [-0.4, -0.2) is 34.0 Å². The van der Waals surface area contributed by atoms with E-state index in [1.807, 2.05) is 42.7 Å². The molecule has 0 spiro atoms. The van der Waals surface area contributed by atoms with Crippen LogP contribution in [0.2, 0.25) is 0 Å². The molecule has 128 valence electrons. The van der Waals surface area contributed by atoms with Crippen molar-refractivity contribution < 1.29 is 9.84 Å². The minimum absolute atomic E-state index is 0.108. The summed E-state index contributed by atoms with van der Waals surface area (Å²) in [5.74, 6) is 0.108. The Morgan fingerprint density at radius 1 is 1.46 bits per heavy atom. The molecule has 1 aromatic heterocycles. The number of aromatic hydroxyl groups is 1. The Balaban J connectivity index is 1.79. The average Bonchev–Trinajstić information content (AvgIpc) is 3.16. The SMILES string of the molecule is CC(C)n1c(O)c(N=NC(=S)NCC2CCCO2)c2ccccc21. The van der Waals surface area contributed by atoms with Gasteiger partial charge in [-0.2, -0.15) is 0 Å². The number of ether oxygens (including phenoxy) is 1. The summed E-state index contributed by atoms with van der Waals surface area (Å²) in [4.78, 5) is 0. The zero-order chi connectivity index (χ0) is 17.1. The van der Waals surface area contributed by atoms with Gasteiger partial charge < -0.3 is 19.7 Å². The molecule has 1 fully saturated rings.